The molecule has 1 aromatic rings. The zero-order chi connectivity index (χ0) is 10.6. The number of hydrogen-bond donors (Lipinski definition) is 2. The number of unbranched alkanes of at least 4 members (excludes halogenated alkanes) is 1. The smallest absolute Gasteiger partial charge is 0.125 e. The Morgan fingerprint density at radius 2 is 2.14 bits per heavy atom. The normalized spacial score (nSPS) is 12.8. The third kappa shape index (κ3) is 2.70. The predicted octanol–water partition coefficient (Wildman–Crippen LogP) is 2.60. The van der Waals surface area contributed by atoms with E-state index in [2.05, 4.69) is 6.92 Å². The predicted molar refractivity (Wildman–Crippen MR) is 57.3 cm³/mol. The Kier molecular flexibility index (Phi) is 3.89. The summed E-state index contributed by atoms with van der Waals surface area (Å²) in [5, 5.41) is 0. The first-order valence-electron chi connectivity index (χ1n) is 4.95. The van der Waals surface area contributed by atoms with E-state index in [1.165, 1.54) is 12.1 Å². The molecule has 0 heterocycles. The minimum atomic E-state index is -0.311. The van der Waals surface area contributed by atoms with Crippen LogP contribution in [0.1, 0.15) is 37.8 Å². The number of anilines is 1. The van der Waals surface area contributed by atoms with E-state index in [-0.39, 0.29) is 11.9 Å². The molecule has 3 heteroatoms. The van der Waals surface area contributed by atoms with Gasteiger partial charge in [0.2, 0.25) is 0 Å². The fraction of sp³-hybridized carbons (Fsp3) is 0.455. The molecule has 0 aliphatic heterocycles. The van der Waals surface area contributed by atoms with Gasteiger partial charge in [0.1, 0.15) is 5.82 Å². The molecule has 1 unspecified atom stereocenters. The van der Waals surface area contributed by atoms with E-state index in [0.717, 1.165) is 24.8 Å². The molecule has 0 amide bonds. The molecule has 0 radical (unpaired) electrons. The van der Waals surface area contributed by atoms with Crippen molar-refractivity contribution in [3.05, 3.63) is 29.6 Å². The van der Waals surface area contributed by atoms with Gasteiger partial charge in [0.05, 0.1) is 0 Å². The topological polar surface area (TPSA) is 52.0 Å². The van der Waals surface area contributed by atoms with Gasteiger partial charge in [-0.05, 0) is 24.1 Å². The number of nitrogen functional groups attached to an aromatic ring is 1. The van der Waals surface area contributed by atoms with Gasteiger partial charge < -0.3 is 11.5 Å². The number of benzene rings is 1. The van der Waals surface area contributed by atoms with E-state index in [1.54, 1.807) is 6.07 Å². The summed E-state index contributed by atoms with van der Waals surface area (Å²) >= 11 is 0. The quantitative estimate of drug-likeness (QED) is 0.727. The average molecular weight is 196 g/mol. The number of halogens is 1. The molecule has 0 spiro atoms. The minimum absolute atomic E-state index is 0.0736. The zero-order valence-electron chi connectivity index (χ0n) is 8.46. The number of nitrogens with two attached hydrogens (primary N) is 2. The summed E-state index contributed by atoms with van der Waals surface area (Å²) in [5.74, 6) is -0.311. The molecule has 1 rings (SSSR count). The summed E-state index contributed by atoms with van der Waals surface area (Å²) < 4.78 is 12.7. The van der Waals surface area contributed by atoms with Crippen molar-refractivity contribution in [2.24, 2.45) is 5.73 Å². The van der Waals surface area contributed by atoms with Gasteiger partial charge in [-0.2, -0.15) is 0 Å². The molecule has 0 aliphatic carbocycles. The van der Waals surface area contributed by atoms with Crippen LogP contribution in [-0.2, 0) is 0 Å². The van der Waals surface area contributed by atoms with Gasteiger partial charge in [-0.15, -0.1) is 0 Å². The first-order valence-corrected chi connectivity index (χ1v) is 4.95. The second kappa shape index (κ2) is 4.96. The summed E-state index contributed by atoms with van der Waals surface area (Å²) in [5.41, 5.74) is 12.9. The van der Waals surface area contributed by atoms with Crippen molar-refractivity contribution in [1.82, 2.24) is 0 Å². The molecule has 4 N–H and O–H groups in total. The van der Waals surface area contributed by atoms with E-state index in [0.29, 0.717) is 5.69 Å². The highest BCUT2D eigenvalue weighted by atomic mass is 19.1. The maximum absolute atomic E-state index is 12.7. The van der Waals surface area contributed by atoms with Crippen LogP contribution >= 0.6 is 0 Å². The fourth-order valence-electron chi connectivity index (χ4n) is 1.46. The highest BCUT2D eigenvalue weighted by Crippen LogP contribution is 2.23. The van der Waals surface area contributed by atoms with E-state index in [4.69, 9.17) is 11.5 Å². The van der Waals surface area contributed by atoms with Gasteiger partial charge in [-0.25, -0.2) is 4.39 Å². The van der Waals surface area contributed by atoms with Crippen molar-refractivity contribution >= 4 is 5.69 Å². The average Bonchev–Trinajstić information content (AvgIpc) is 2.14. The van der Waals surface area contributed by atoms with Gasteiger partial charge in [0.15, 0.2) is 0 Å². The molecule has 14 heavy (non-hydrogen) atoms. The second-order valence-electron chi connectivity index (χ2n) is 3.52. The molecule has 0 saturated heterocycles. The van der Waals surface area contributed by atoms with Gasteiger partial charge in [-0.3, -0.25) is 0 Å². The molecule has 0 fully saturated rings. The van der Waals surface area contributed by atoms with Crippen molar-refractivity contribution in [3.8, 4) is 0 Å². The third-order valence-electron chi connectivity index (χ3n) is 2.32. The van der Waals surface area contributed by atoms with Crippen LogP contribution in [-0.4, -0.2) is 0 Å². The maximum atomic E-state index is 12.7. The Labute approximate surface area is 84.1 Å². The van der Waals surface area contributed by atoms with Crippen molar-refractivity contribution < 1.29 is 4.39 Å². The molecular formula is C11H17FN2. The van der Waals surface area contributed by atoms with Gasteiger partial charge in [-0.1, -0.05) is 25.8 Å². The van der Waals surface area contributed by atoms with E-state index in [9.17, 15) is 4.39 Å². The van der Waals surface area contributed by atoms with Gasteiger partial charge in [0.25, 0.3) is 0 Å². The summed E-state index contributed by atoms with van der Waals surface area (Å²) in [6.07, 6.45) is 3.07. The van der Waals surface area contributed by atoms with E-state index >= 15 is 0 Å². The monoisotopic (exact) mass is 196 g/mol. The molecule has 0 aliphatic rings. The summed E-state index contributed by atoms with van der Waals surface area (Å²) in [6.45, 7) is 2.11. The highest BCUT2D eigenvalue weighted by molar-refractivity contribution is 5.48. The molecule has 2 nitrogen and oxygen atoms in total. The largest absolute Gasteiger partial charge is 0.398 e. The summed E-state index contributed by atoms with van der Waals surface area (Å²) in [4.78, 5) is 0. The Bertz CT molecular complexity index is 299. The lowest BCUT2D eigenvalue weighted by Gasteiger charge is -2.13. The molecule has 0 saturated carbocycles. The summed E-state index contributed by atoms with van der Waals surface area (Å²) in [7, 11) is 0. The number of hydrogen-bond acceptors (Lipinski definition) is 2. The fourth-order valence-corrected chi connectivity index (χ4v) is 1.46. The molecular weight excluding hydrogens is 179 g/mol. The van der Waals surface area contributed by atoms with E-state index < -0.39 is 0 Å². The van der Waals surface area contributed by atoms with Crippen LogP contribution in [0.15, 0.2) is 18.2 Å². The number of rotatable bonds is 4. The first-order chi connectivity index (χ1) is 6.65. The van der Waals surface area contributed by atoms with Crippen LogP contribution in [0.4, 0.5) is 10.1 Å². The second-order valence-corrected chi connectivity index (χ2v) is 3.52. The minimum Gasteiger partial charge on any atom is -0.398 e. The standard InChI is InChI=1S/C11H17FN2/c1-2-3-4-10(13)9-6-5-8(12)7-11(9)14/h5-7,10H,2-4,13-14H2,1H3. The van der Waals surface area contributed by atoms with Crippen LogP contribution in [0, 0.1) is 5.82 Å². The van der Waals surface area contributed by atoms with Crippen molar-refractivity contribution in [2.75, 3.05) is 5.73 Å². The van der Waals surface area contributed by atoms with Crippen LogP contribution < -0.4 is 11.5 Å². The molecule has 1 atom stereocenters. The van der Waals surface area contributed by atoms with E-state index in [1.807, 2.05) is 0 Å². The third-order valence-corrected chi connectivity index (χ3v) is 2.32. The highest BCUT2D eigenvalue weighted by Gasteiger charge is 2.09. The van der Waals surface area contributed by atoms with Crippen LogP contribution in [0.2, 0.25) is 0 Å². The van der Waals surface area contributed by atoms with Crippen LogP contribution in [0.3, 0.4) is 0 Å². The van der Waals surface area contributed by atoms with Crippen molar-refractivity contribution in [3.63, 3.8) is 0 Å². The SMILES string of the molecule is CCCCC(N)c1ccc(F)cc1N. The Morgan fingerprint density at radius 1 is 1.43 bits per heavy atom. The summed E-state index contributed by atoms with van der Waals surface area (Å²) in [6, 6.07) is 4.32. The molecule has 1 aromatic carbocycles. The lowest BCUT2D eigenvalue weighted by Crippen LogP contribution is -2.12. The maximum Gasteiger partial charge on any atom is 0.125 e. The Morgan fingerprint density at radius 3 is 2.71 bits per heavy atom. The Hall–Kier alpha value is -1.09. The van der Waals surface area contributed by atoms with Crippen LogP contribution in [0.25, 0.3) is 0 Å². The molecule has 0 bridgehead atoms. The van der Waals surface area contributed by atoms with Crippen LogP contribution in [0.5, 0.6) is 0 Å². The van der Waals surface area contributed by atoms with Gasteiger partial charge in [0, 0.05) is 11.7 Å². The molecule has 78 valence electrons. The zero-order valence-corrected chi connectivity index (χ0v) is 8.46. The first kappa shape index (κ1) is 11.0. The Balaban J connectivity index is 2.74. The van der Waals surface area contributed by atoms with Crippen molar-refractivity contribution in [1.29, 1.82) is 0 Å². The van der Waals surface area contributed by atoms with Crippen molar-refractivity contribution in [2.45, 2.75) is 32.2 Å². The lowest BCUT2D eigenvalue weighted by molar-refractivity contribution is 0.598. The molecule has 0 aromatic heterocycles. The lowest BCUT2D eigenvalue weighted by atomic mass is 10.0. The van der Waals surface area contributed by atoms with Gasteiger partial charge >= 0.3 is 0 Å².